The highest BCUT2D eigenvalue weighted by molar-refractivity contribution is 5.87. The van der Waals surface area contributed by atoms with E-state index in [-0.39, 0.29) is 12.2 Å². The molecule has 2 aromatic rings. The van der Waals surface area contributed by atoms with Crippen molar-refractivity contribution >= 4 is 5.97 Å². The molecule has 0 spiro atoms. The molecule has 1 heterocycles. The first-order valence-electron chi connectivity index (χ1n) is 5.46. The summed E-state index contributed by atoms with van der Waals surface area (Å²) in [6.45, 7) is 2.03. The Hall–Kier alpha value is -2.37. The van der Waals surface area contributed by atoms with Crippen LogP contribution >= 0.6 is 0 Å². The Balaban J connectivity index is 2.01. The lowest BCUT2D eigenvalue weighted by Gasteiger charge is -2.03. The maximum Gasteiger partial charge on any atom is 0.335 e. The molecule has 0 atom stereocenters. The molecular weight excluding hydrogens is 236 g/mol. The first-order valence-corrected chi connectivity index (χ1v) is 5.46. The number of aromatic nitrogens is 2. The first-order chi connectivity index (χ1) is 8.69. The lowest BCUT2D eigenvalue weighted by molar-refractivity contribution is 0.0696. The number of aromatic carboxylic acids is 1. The topological polar surface area (TPSA) is 85.5 Å². The highest BCUT2D eigenvalue weighted by Crippen LogP contribution is 2.15. The maximum absolute atomic E-state index is 10.8. The van der Waals surface area contributed by atoms with Gasteiger partial charge in [-0.15, -0.1) is 10.2 Å². The Labute approximate surface area is 103 Å². The fraction of sp³-hybridized carbons (Fsp3) is 0.250. The van der Waals surface area contributed by atoms with E-state index in [9.17, 15) is 4.79 Å². The molecule has 1 aromatic heterocycles. The highest BCUT2D eigenvalue weighted by Gasteiger charge is 2.07. The second-order valence-electron chi connectivity index (χ2n) is 3.56. The summed E-state index contributed by atoms with van der Waals surface area (Å²) in [6.07, 6.45) is 0.668. The minimum Gasteiger partial charge on any atom is -0.484 e. The molecule has 0 unspecified atom stereocenters. The number of ether oxygens (including phenoxy) is 1. The molecular formula is C12H12N2O4. The average molecular weight is 248 g/mol. The Morgan fingerprint density at radius 1 is 1.39 bits per heavy atom. The van der Waals surface area contributed by atoms with Crippen molar-refractivity contribution < 1.29 is 19.1 Å². The minimum atomic E-state index is -0.994. The van der Waals surface area contributed by atoms with E-state index in [1.165, 1.54) is 12.1 Å². The lowest BCUT2D eigenvalue weighted by Crippen LogP contribution is -1.99. The van der Waals surface area contributed by atoms with Crippen LogP contribution in [0.3, 0.4) is 0 Å². The third-order valence-corrected chi connectivity index (χ3v) is 2.25. The van der Waals surface area contributed by atoms with Gasteiger partial charge in [-0.1, -0.05) is 13.0 Å². The fourth-order valence-corrected chi connectivity index (χ4v) is 1.35. The summed E-state index contributed by atoms with van der Waals surface area (Å²) in [7, 11) is 0. The lowest BCUT2D eigenvalue weighted by atomic mass is 10.2. The fourth-order valence-electron chi connectivity index (χ4n) is 1.35. The molecule has 0 aliphatic carbocycles. The average Bonchev–Trinajstić information content (AvgIpc) is 2.84. The molecule has 1 N–H and O–H groups in total. The van der Waals surface area contributed by atoms with E-state index in [0.29, 0.717) is 24.0 Å². The molecule has 0 fully saturated rings. The number of rotatable bonds is 5. The summed E-state index contributed by atoms with van der Waals surface area (Å²) in [6, 6.07) is 6.23. The smallest absolute Gasteiger partial charge is 0.335 e. The zero-order chi connectivity index (χ0) is 13.0. The normalized spacial score (nSPS) is 10.3. The van der Waals surface area contributed by atoms with Gasteiger partial charge in [0.2, 0.25) is 5.89 Å². The number of carboxylic acids is 1. The molecule has 0 amide bonds. The van der Waals surface area contributed by atoms with E-state index >= 15 is 0 Å². The minimum absolute atomic E-state index is 0.121. The van der Waals surface area contributed by atoms with E-state index in [1.54, 1.807) is 12.1 Å². The predicted octanol–water partition coefficient (Wildman–Crippen LogP) is 1.91. The standard InChI is InChI=1S/C12H12N2O4/c1-2-10-13-14-11(18-10)7-17-9-5-3-4-8(6-9)12(15)16/h3-6H,2,7H2,1H3,(H,15,16). The van der Waals surface area contributed by atoms with Crippen LogP contribution in [0.4, 0.5) is 0 Å². The zero-order valence-electron chi connectivity index (χ0n) is 9.79. The predicted molar refractivity (Wildman–Crippen MR) is 61.4 cm³/mol. The molecule has 0 radical (unpaired) electrons. The molecule has 0 saturated heterocycles. The van der Waals surface area contributed by atoms with Gasteiger partial charge in [0.15, 0.2) is 6.61 Å². The van der Waals surface area contributed by atoms with E-state index in [0.717, 1.165) is 0 Å². The van der Waals surface area contributed by atoms with Crippen LogP contribution in [0.1, 0.15) is 29.1 Å². The van der Waals surface area contributed by atoms with Crippen molar-refractivity contribution in [2.75, 3.05) is 0 Å². The molecule has 94 valence electrons. The molecule has 6 heteroatoms. The van der Waals surface area contributed by atoms with Crippen molar-refractivity contribution in [1.29, 1.82) is 0 Å². The van der Waals surface area contributed by atoms with Crippen LogP contribution in [0.15, 0.2) is 28.7 Å². The van der Waals surface area contributed by atoms with Gasteiger partial charge in [-0.05, 0) is 18.2 Å². The third kappa shape index (κ3) is 2.85. The number of carbonyl (C=O) groups is 1. The number of aryl methyl sites for hydroxylation is 1. The number of hydrogen-bond acceptors (Lipinski definition) is 5. The number of carboxylic acid groups (broad SMARTS) is 1. The summed E-state index contributed by atoms with van der Waals surface area (Å²) in [5.41, 5.74) is 0.173. The quantitative estimate of drug-likeness (QED) is 0.869. The summed E-state index contributed by atoms with van der Waals surface area (Å²) in [4.78, 5) is 10.8. The Morgan fingerprint density at radius 3 is 2.83 bits per heavy atom. The van der Waals surface area contributed by atoms with Crippen molar-refractivity contribution in [2.24, 2.45) is 0 Å². The van der Waals surface area contributed by atoms with Gasteiger partial charge in [-0.3, -0.25) is 0 Å². The van der Waals surface area contributed by atoms with E-state index in [1.807, 2.05) is 6.92 Å². The highest BCUT2D eigenvalue weighted by atomic mass is 16.5. The van der Waals surface area contributed by atoms with Gasteiger partial charge in [0.1, 0.15) is 5.75 Å². The number of hydrogen-bond donors (Lipinski definition) is 1. The van der Waals surface area contributed by atoms with Crippen LogP contribution < -0.4 is 4.74 Å². The second kappa shape index (κ2) is 5.31. The van der Waals surface area contributed by atoms with E-state index in [4.69, 9.17) is 14.3 Å². The van der Waals surface area contributed by atoms with Gasteiger partial charge in [0, 0.05) is 6.42 Å². The Bertz CT molecular complexity index is 551. The molecule has 1 aromatic carbocycles. The number of nitrogens with zero attached hydrogens (tertiary/aromatic N) is 2. The van der Waals surface area contributed by atoms with Crippen LogP contribution in [0.25, 0.3) is 0 Å². The molecule has 0 aliphatic rings. The molecule has 6 nitrogen and oxygen atoms in total. The molecule has 0 aliphatic heterocycles. The maximum atomic E-state index is 10.8. The van der Waals surface area contributed by atoms with E-state index in [2.05, 4.69) is 10.2 Å². The van der Waals surface area contributed by atoms with Gasteiger partial charge < -0.3 is 14.3 Å². The molecule has 0 saturated carbocycles. The summed E-state index contributed by atoms with van der Waals surface area (Å²) in [5.74, 6) is 0.373. The first kappa shape index (κ1) is 12.1. The largest absolute Gasteiger partial charge is 0.484 e. The van der Waals surface area contributed by atoms with Crippen molar-refractivity contribution in [3.8, 4) is 5.75 Å². The van der Waals surface area contributed by atoms with Gasteiger partial charge in [0.05, 0.1) is 5.56 Å². The van der Waals surface area contributed by atoms with Crippen molar-refractivity contribution in [2.45, 2.75) is 20.0 Å². The van der Waals surface area contributed by atoms with Gasteiger partial charge in [-0.2, -0.15) is 0 Å². The van der Waals surface area contributed by atoms with Crippen LogP contribution in [0.2, 0.25) is 0 Å². The van der Waals surface area contributed by atoms with Crippen molar-refractivity contribution in [1.82, 2.24) is 10.2 Å². The molecule has 0 bridgehead atoms. The summed E-state index contributed by atoms with van der Waals surface area (Å²) >= 11 is 0. The van der Waals surface area contributed by atoms with Gasteiger partial charge in [-0.25, -0.2) is 4.79 Å². The summed E-state index contributed by atoms with van der Waals surface area (Å²) in [5, 5.41) is 16.4. The van der Waals surface area contributed by atoms with Gasteiger partial charge >= 0.3 is 5.97 Å². The van der Waals surface area contributed by atoms with Crippen LogP contribution in [0.5, 0.6) is 5.75 Å². The molecule has 18 heavy (non-hydrogen) atoms. The third-order valence-electron chi connectivity index (χ3n) is 2.25. The second-order valence-corrected chi connectivity index (χ2v) is 3.56. The SMILES string of the molecule is CCc1nnc(COc2cccc(C(=O)O)c2)o1. The van der Waals surface area contributed by atoms with Crippen LogP contribution in [0, 0.1) is 0 Å². The Morgan fingerprint density at radius 2 is 2.17 bits per heavy atom. The Kier molecular flexibility index (Phi) is 3.57. The van der Waals surface area contributed by atoms with Crippen LogP contribution in [-0.4, -0.2) is 21.3 Å². The van der Waals surface area contributed by atoms with E-state index < -0.39 is 5.97 Å². The van der Waals surface area contributed by atoms with Crippen molar-refractivity contribution in [3.05, 3.63) is 41.6 Å². The van der Waals surface area contributed by atoms with Crippen LogP contribution in [-0.2, 0) is 13.0 Å². The van der Waals surface area contributed by atoms with Gasteiger partial charge in [0.25, 0.3) is 5.89 Å². The zero-order valence-corrected chi connectivity index (χ0v) is 9.79. The number of benzene rings is 1. The molecule has 2 rings (SSSR count). The van der Waals surface area contributed by atoms with Crippen molar-refractivity contribution in [3.63, 3.8) is 0 Å². The summed E-state index contributed by atoms with van der Waals surface area (Å²) < 4.78 is 10.6. The monoisotopic (exact) mass is 248 g/mol.